The van der Waals surface area contributed by atoms with E-state index in [1.165, 1.54) is 6.08 Å². The van der Waals surface area contributed by atoms with E-state index in [4.69, 9.17) is 15.7 Å². The molecule has 6 nitrogen and oxygen atoms in total. The molecule has 2 amide bonds. The lowest BCUT2D eigenvalue weighted by molar-refractivity contribution is -0.118. The van der Waals surface area contributed by atoms with Crippen LogP contribution in [0, 0.1) is 18.3 Å². The number of nitrogens with zero attached hydrogens (tertiary/aromatic N) is 1. The van der Waals surface area contributed by atoms with E-state index >= 15 is 0 Å². The molecule has 0 aliphatic carbocycles. The summed E-state index contributed by atoms with van der Waals surface area (Å²) < 4.78 is 5.41. The highest BCUT2D eigenvalue weighted by molar-refractivity contribution is 6.00. The summed E-state index contributed by atoms with van der Waals surface area (Å²) in [4.78, 5) is 22.9. The number of amides is 2. The van der Waals surface area contributed by atoms with Crippen LogP contribution in [0.15, 0.2) is 54.1 Å². The van der Waals surface area contributed by atoms with E-state index < -0.39 is 5.91 Å². The zero-order chi connectivity index (χ0) is 18.2. The molecule has 0 saturated heterocycles. The molecule has 0 atom stereocenters. The largest absolute Gasteiger partial charge is 0.484 e. The van der Waals surface area contributed by atoms with Crippen LogP contribution in [0.1, 0.15) is 11.1 Å². The van der Waals surface area contributed by atoms with E-state index in [-0.39, 0.29) is 18.1 Å². The lowest BCUT2D eigenvalue weighted by Crippen LogP contribution is -2.20. The van der Waals surface area contributed by atoms with Crippen LogP contribution < -0.4 is 15.8 Å². The van der Waals surface area contributed by atoms with E-state index in [0.29, 0.717) is 17.0 Å². The molecule has 0 aliphatic rings. The van der Waals surface area contributed by atoms with E-state index in [2.05, 4.69) is 5.32 Å². The molecule has 2 rings (SSSR count). The smallest absolute Gasteiger partial charge is 0.262 e. The fourth-order valence-corrected chi connectivity index (χ4v) is 1.97. The maximum atomic E-state index is 11.9. The van der Waals surface area contributed by atoms with Crippen LogP contribution >= 0.6 is 0 Å². The third-order valence-electron chi connectivity index (χ3n) is 3.28. The zero-order valence-corrected chi connectivity index (χ0v) is 13.7. The molecule has 0 spiro atoms. The van der Waals surface area contributed by atoms with Gasteiger partial charge < -0.3 is 15.8 Å². The van der Waals surface area contributed by atoms with Gasteiger partial charge in [-0.05, 0) is 42.8 Å². The van der Waals surface area contributed by atoms with Gasteiger partial charge in [-0.25, -0.2) is 0 Å². The quantitative estimate of drug-likeness (QED) is 0.624. The van der Waals surface area contributed by atoms with E-state index in [9.17, 15) is 9.59 Å². The number of carbonyl (C=O) groups is 2. The van der Waals surface area contributed by atoms with E-state index in [1.807, 2.05) is 31.2 Å². The Balaban J connectivity index is 1.91. The summed E-state index contributed by atoms with van der Waals surface area (Å²) in [5.41, 5.74) is 7.39. The number of primary amides is 1. The van der Waals surface area contributed by atoms with Gasteiger partial charge in [0.25, 0.3) is 11.8 Å². The molecule has 0 aromatic heterocycles. The van der Waals surface area contributed by atoms with Crippen molar-refractivity contribution in [2.75, 3.05) is 11.9 Å². The van der Waals surface area contributed by atoms with E-state index in [0.717, 1.165) is 5.56 Å². The van der Waals surface area contributed by atoms with Crippen LogP contribution in [0.4, 0.5) is 5.69 Å². The van der Waals surface area contributed by atoms with Crippen molar-refractivity contribution in [2.24, 2.45) is 5.73 Å². The monoisotopic (exact) mass is 335 g/mol. The number of benzene rings is 2. The maximum absolute atomic E-state index is 11.9. The van der Waals surface area contributed by atoms with Crippen molar-refractivity contribution in [3.05, 3.63) is 65.2 Å². The number of nitrogens with two attached hydrogens (primary N) is 1. The Bertz CT molecular complexity index is 832. The molecule has 2 aromatic carbocycles. The highest BCUT2D eigenvalue weighted by atomic mass is 16.5. The van der Waals surface area contributed by atoms with Crippen LogP contribution in [-0.2, 0) is 9.59 Å². The van der Waals surface area contributed by atoms with Crippen LogP contribution in [0.25, 0.3) is 6.08 Å². The van der Waals surface area contributed by atoms with Crippen molar-refractivity contribution in [2.45, 2.75) is 6.92 Å². The zero-order valence-electron chi connectivity index (χ0n) is 13.7. The Morgan fingerprint density at radius 1 is 1.16 bits per heavy atom. The molecular formula is C19H17N3O3. The van der Waals surface area contributed by atoms with Crippen molar-refractivity contribution >= 4 is 23.6 Å². The minimum Gasteiger partial charge on any atom is -0.484 e. The van der Waals surface area contributed by atoms with Gasteiger partial charge in [0, 0.05) is 5.69 Å². The summed E-state index contributed by atoms with van der Waals surface area (Å²) in [6, 6.07) is 15.8. The number of anilines is 1. The molecular weight excluding hydrogens is 318 g/mol. The first-order valence-corrected chi connectivity index (χ1v) is 7.49. The van der Waals surface area contributed by atoms with Gasteiger partial charge in [0.05, 0.1) is 0 Å². The fourth-order valence-electron chi connectivity index (χ4n) is 1.97. The number of carbonyl (C=O) groups excluding carboxylic acids is 2. The molecule has 0 bridgehead atoms. The SMILES string of the molecule is Cc1ccc(NC(=O)COc2ccc(/C=C(\C#N)C(N)=O)cc2)cc1. The predicted octanol–water partition coefficient (Wildman–Crippen LogP) is 2.40. The van der Waals surface area contributed by atoms with Gasteiger partial charge >= 0.3 is 0 Å². The Kier molecular flexibility index (Phi) is 5.91. The lowest BCUT2D eigenvalue weighted by Gasteiger charge is -2.08. The molecule has 0 unspecified atom stereocenters. The van der Waals surface area contributed by atoms with E-state index in [1.54, 1.807) is 30.3 Å². The first kappa shape index (κ1) is 17.8. The average molecular weight is 335 g/mol. The lowest BCUT2D eigenvalue weighted by atomic mass is 10.1. The summed E-state index contributed by atoms with van der Waals surface area (Å²) in [6.07, 6.45) is 1.39. The third-order valence-corrected chi connectivity index (χ3v) is 3.28. The second-order valence-corrected chi connectivity index (χ2v) is 5.31. The molecule has 2 aromatic rings. The van der Waals surface area contributed by atoms with Crippen molar-refractivity contribution in [3.63, 3.8) is 0 Å². The summed E-state index contributed by atoms with van der Waals surface area (Å²) >= 11 is 0. The number of nitriles is 1. The topological polar surface area (TPSA) is 105 Å². The molecule has 3 N–H and O–H groups in total. The number of hydrogen-bond acceptors (Lipinski definition) is 4. The molecule has 126 valence electrons. The van der Waals surface area contributed by atoms with Crippen LogP contribution in [0.2, 0.25) is 0 Å². The van der Waals surface area contributed by atoms with Gasteiger partial charge in [-0.1, -0.05) is 29.8 Å². The highest BCUT2D eigenvalue weighted by Gasteiger charge is 2.05. The Morgan fingerprint density at radius 2 is 1.80 bits per heavy atom. The summed E-state index contributed by atoms with van der Waals surface area (Å²) in [6.45, 7) is 1.84. The fraction of sp³-hybridized carbons (Fsp3) is 0.105. The van der Waals surface area contributed by atoms with Crippen molar-refractivity contribution in [3.8, 4) is 11.8 Å². The Hall–Kier alpha value is -3.59. The minimum absolute atomic E-state index is 0.131. The number of nitrogens with one attached hydrogen (secondary N) is 1. The van der Waals surface area contributed by atoms with Gasteiger partial charge in [-0.2, -0.15) is 5.26 Å². The summed E-state index contributed by atoms with van der Waals surface area (Å²) in [7, 11) is 0. The van der Waals surface area contributed by atoms with Crippen LogP contribution in [0.5, 0.6) is 5.75 Å². The van der Waals surface area contributed by atoms with Gasteiger partial charge in [-0.15, -0.1) is 0 Å². The minimum atomic E-state index is -0.782. The Morgan fingerprint density at radius 3 is 2.36 bits per heavy atom. The molecule has 25 heavy (non-hydrogen) atoms. The normalized spacial score (nSPS) is 10.6. The number of ether oxygens (including phenoxy) is 1. The van der Waals surface area contributed by atoms with Crippen molar-refractivity contribution in [1.82, 2.24) is 0 Å². The van der Waals surface area contributed by atoms with Crippen LogP contribution in [0.3, 0.4) is 0 Å². The maximum Gasteiger partial charge on any atom is 0.262 e. The highest BCUT2D eigenvalue weighted by Crippen LogP contribution is 2.15. The molecule has 0 heterocycles. The number of rotatable bonds is 6. The standard InChI is InChI=1S/C19H17N3O3/c1-13-2-6-16(7-3-13)22-18(23)12-25-17-8-4-14(5-9-17)10-15(11-20)19(21)24/h2-10H,12H2,1H3,(H2,21,24)(H,22,23)/b15-10+. The molecule has 0 saturated carbocycles. The first-order chi connectivity index (χ1) is 12.0. The number of hydrogen-bond donors (Lipinski definition) is 2. The molecule has 0 aliphatic heterocycles. The van der Waals surface area contributed by atoms with Crippen LogP contribution in [-0.4, -0.2) is 18.4 Å². The Labute approximate surface area is 145 Å². The molecule has 6 heteroatoms. The van der Waals surface area contributed by atoms with Crippen molar-refractivity contribution in [1.29, 1.82) is 5.26 Å². The summed E-state index contributed by atoms with van der Waals surface area (Å²) in [5, 5.41) is 11.5. The van der Waals surface area contributed by atoms with Gasteiger partial charge in [0.15, 0.2) is 6.61 Å². The van der Waals surface area contributed by atoms with Gasteiger partial charge in [0.1, 0.15) is 17.4 Å². The van der Waals surface area contributed by atoms with Crippen molar-refractivity contribution < 1.29 is 14.3 Å². The predicted molar refractivity (Wildman–Crippen MR) is 94.5 cm³/mol. The molecule has 0 radical (unpaired) electrons. The second-order valence-electron chi connectivity index (χ2n) is 5.31. The molecule has 0 fully saturated rings. The van der Waals surface area contributed by atoms with Gasteiger partial charge in [0.2, 0.25) is 0 Å². The average Bonchev–Trinajstić information content (AvgIpc) is 2.60. The number of aryl methyl sites for hydroxylation is 1. The third kappa shape index (κ3) is 5.52. The second kappa shape index (κ2) is 8.31. The summed E-state index contributed by atoms with van der Waals surface area (Å²) in [5.74, 6) is -0.558. The van der Waals surface area contributed by atoms with Gasteiger partial charge in [-0.3, -0.25) is 9.59 Å². The first-order valence-electron chi connectivity index (χ1n) is 7.49.